The molecule has 2 aromatic rings. The molecular weight excluding hydrogens is 384 g/mol. The number of nitrogens with one attached hydrogen (secondary N) is 1. The summed E-state index contributed by atoms with van der Waals surface area (Å²) in [6.45, 7) is -0.531. The molecule has 0 radical (unpaired) electrons. The number of hydrogen-bond donors (Lipinski definition) is 1. The highest BCUT2D eigenvalue weighted by atomic mass is 35.5. The fraction of sp³-hybridized carbons (Fsp3) is 0.300. The van der Waals surface area contributed by atoms with Crippen molar-refractivity contribution >= 4 is 34.9 Å². The van der Waals surface area contributed by atoms with Crippen LogP contribution in [0.25, 0.3) is 0 Å². The molecule has 0 saturated heterocycles. The van der Waals surface area contributed by atoms with Crippen LogP contribution in [0.1, 0.15) is 31.2 Å². The van der Waals surface area contributed by atoms with Gasteiger partial charge in [-0.05, 0) is 30.5 Å². The van der Waals surface area contributed by atoms with Gasteiger partial charge in [0.1, 0.15) is 5.69 Å². The Morgan fingerprint density at radius 3 is 2.46 bits per heavy atom. The van der Waals surface area contributed by atoms with Crippen molar-refractivity contribution < 1.29 is 19.2 Å². The van der Waals surface area contributed by atoms with Gasteiger partial charge in [0.2, 0.25) is 0 Å². The normalized spacial score (nSPS) is 15.0. The van der Waals surface area contributed by atoms with Crippen molar-refractivity contribution in [3.63, 3.8) is 0 Å². The van der Waals surface area contributed by atoms with Crippen LogP contribution in [0, 0.1) is 10.1 Å². The highest BCUT2D eigenvalue weighted by Gasteiger charge is 2.44. The third kappa shape index (κ3) is 4.14. The summed E-state index contributed by atoms with van der Waals surface area (Å²) in [5.74, 6) is -1.12. The number of rotatable bonds is 6. The molecule has 1 aliphatic carbocycles. The number of benzene rings is 2. The number of carbonyl (C=O) groups excluding carboxylic acids is 2. The van der Waals surface area contributed by atoms with Gasteiger partial charge in [0.25, 0.3) is 11.6 Å². The topological polar surface area (TPSA) is 98.5 Å². The zero-order valence-corrected chi connectivity index (χ0v) is 15.8. The van der Waals surface area contributed by atoms with Crippen LogP contribution in [0.4, 0.5) is 11.4 Å². The van der Waals surface area contributed by atoms with E-state index in [0.717, 1.165) is 18.4 Å². The van der Waals surface area contributed by atoms with Crippen molar-refractivity contribution in [2.45, 2.75) is 31.1 Å². The van der Waals surface area contributed by atoms with Gasteiger partial charge < -0.3 is 10.1 Å². The van der Waals surface area contributed by atoms with Crippen LogP contribution in [0.5, 0.6) is 0 Å². The minimum absolute atomic E-state index is 0.0443. The molecule has 0 aliphatic heterocycles. The molecule has 28 heavy (non-hydrogen) atoms. The minimum Gasteiger partial charge on any atom is -0.455 e. The molecule has 146 valence electrons. The summed E-state index contributed by atoms with van der Waals surface area (Å²) >= 11 is 5.85. The van der Waals surface area contributed by atoms with Crippen molar-refractivity contribution in [3.05, 3.63) is 69.2 Å². The van der Waals surface area contributed by atoms with E-state index in [-0.39, 0.29) is 16.4 Å². The lowest BCUT2D eigenvalue weighted by Gasteiger charge is -2.27. The molecule has 1 fully saturated rings. The summed E-state index contributed by atoms with van der Waals surface area (Å²) in [7, 11) is 0. The maximum Gasteiger partial charge on any atom is 0.317 e. The molecule has 0 aromatic heterocycles. The Morgan fingerprint density at radius 1 is 1.14 bits per heavy atom. The molecule has 1 aliphatic rings. The zero-order chi connectivity index (χ0) is 20.1. The van der Waals surface area contributed by atoms with E-state index in [1.807, 2.05) is 30.3 Å². The van der Waals surface area contributed by atoms with Gasteiger partial charge in [-0.1, -0.05) is 54.8 Å². The van der Waals surface area contributed by atoms with Crippen LogP contribution in [-0.2, 0) is 19.7 Å². The van der Waals surface area contributed by atoms with Crippen LogP contribution in [0.3, 0.4) is 0 Å². The summed E-state index contributed by atoms with van der Waals surface area (Å²) in [4.78, 5) is 35.5. The largest absolute Gasteiger partial charge is 0.455 e. The first-order valence-electron chi connectivity index (χ1n) is 8.89. The van der Waals surface area contributed by atoms with E-state index >= 15 is 0 Å². The highest BCUT2D eigenvalue weighted by Crippen LogP contribution is 2.42. The monoisotopic (exact) mass is 402 g/mol. The summed E-state index contributed by atoms with van der Waals surface area (Å²) in [6.07, 6.45) is 3.14. The highest BCUT2D eigenvalue weighted by molar-refractivity contribution is 6.31. The molecular formula is C20H19ClN2O5. The Labute approximate surface area is 166 Å². The van der Waals surface area contributed by atoms with E-state index in [9.17, 15) is 19.7 Å². The number of carbonyl (C=O) groups is 2. The average Bonchev–Trinajstić information content (AvgIpc) is 3.18. The molecule has 0 heterocycles. The standard InChI is InChI=1S/C20H19ClN2O5/c21-15-8-9-17(23(26)27)16(12-15)22-18(24)13-28-19(25)20(10-4-5-11-20)14-6-2-1-3-7-14/h1-3,6-9,12H,4-5,10-11,13H2,(H,22,24). The molecule has 1 saturated carbocycles. The van der Waals surface area contributed by atoms with Crippen LogP contribution < -0.4 is 5.32 Å². The van der Waals surface area contributed by atoms with E-state index in [0.29, 0.717) is 12.8 Å². The van der Waals surface area contributed by atoms with Gasteiger partial charge in [0, 0.05) is 11.1 Å². The second kappa shape index (κ2) is 8.39. The van der Waals surface area contributed by atoms with Crippen molar-refractivity contribution in [2.75, 3.05) is 11.9 Å². The molecule has 8 heteroatoms. The van der Waals surface area contributed by atoms with E-state index in [4.69, 9.17) is 16.3 Å². The minimum atomic E-state index is -0.746. The number of nitro groups is 1. The van der Waals surface area contributed by atoms with E-state index in [1.54, 1.807) is 0 Å². The molecule has 0 atom stereocenters. The van der Waals surface area contributed by atoms with Crippen LogP contribution in [0.2, 0.25) is 5.02 Å². The van der Waals surface area contributed by atoms with Crippen LogP contribution in [0.15, 0.2) is 48.5 Å². The van der Waals surface area contributed by atoms with Gasteiger partial charge in [-0.25, -0.2) is 0 Å². The van der Waals surface area contributed by atoms with Crippen molar-refractivity contribution in [1.82, 2.24) is 0 Å². The maximum atomic E-state index is 12.8. The summed E-state index contributed by atoms with van der Waals surface area (Å²) in [5, 5.41) is 13.7. The molecule has 1 N–H and O–H groups in total. The second-order valence-corrected chi connectivity index (χ2v) is 7.13. The number of halogens is 1. The van der Waals surface area contributed by atoms with Gasteiger partial charge in [-0.15, -0.1) is 0 Å². The predicted octanol–water partition coefficient (Wildman–Crippen LogP) is 4.24. The lowest BCUT2D eigenvalue weighted by atomic mass is 9.79. The lowest BCUT2D eigenvalue weighted by molar-refractivity contribution is -0.383. The second-order valence-electron chi connectivity index (χ2n) is 6.70. The van der Waals surface area contributed by atoms with Gasteiger partial charge in [0.05, 0.1) is 10.3 Å². The summed E-state index contributed by atoms with van der Waals surface area (Å²) in [6, 6.07) is 13.2. The van der Waals surface area contributed by atoms with Crippen molar-refractivity contribution in [2.24, 2.45) is 0 Å². The van der Waals surface area contributed by atoms with E-state index in [2.05, 4.69) is 5.32 Å². The van der Waals surface area contributed by atoms with Crippen LogP contribution >= 0.6 is 11.6 Å². The number of hydrogen-bond acceptors (Lipinski definition) is 5. The number of anilines is 1. The fourth-order valence-electron chi connectivity index (χ4n) is 3.57. The first kappa shape index (κ1) is 19.8. The van der Waals surface area contributed by atoms with Crippen molar-refractivity contribution in [3.8, 4) is 0 Å². The zero-order valence-electron chi connectivity index (χ0n) is 15.0. The quantitative estimate of drug-likeness (QED) is 0.442. The smallest absolute Gasteiger partial charge is 0.317 e. The maximum absolute atomic E-state index is 12.8. The van der Waals surface area contributed by atoms with E-state index < -0.39 is 28.8 Å². The Balaban J connectivity index is 1.68. The Morgan fingerprint density at radius 2 is 1.82 bits per heavy atom. The molecule has 0 spiro atoms. The van der Waals surface area contributed by atoms with Crippen LogP contribution in [-0.4, -0.2) is 23.4 Å². The fourth-order valence-corrected chi connectivity index (χ4v) is 3.74. The Hall–Kier alpha value is -2.93. The van der Waals surface area contributed by atoms with Gasteiger partial charge >= 0.3 is 5.97 Å². The number of esters is 1. The molecule has 0 unspecified atom stereocenters. The SMILES string of the molecule is O=C(COC(=O)C1(c2ccccc2)CCCC1)Nc1cc(Cl)ccc1[N+](=O)[O-]. The van der Waals surface area contributed by atoms with Gasteiger partial charge in [-0.3, -0.25) is 19.7 Å². The Bertz CT molecular complexity index is 895. The Kier molecular flexibility index (Phi) is 5.94. The average molecular weight is 403 g/mol. The summed E-state index contributed by atoms with van der Waals surface area (Å²) in [5.41, 5.74) is -0.204. The predicted molar refractivity (Wildman–Crippen MR) is 104 cm³/mol. The number of amides is 1. The molecule has 1 amide bonds. The molecule has 0 bridgehead atoms. The van der Waals surface area contributed by atoms with Gasteiger partial charge in [0.15, 0.2) is 6.61 Å². The third-order valence-corrected chi connectivity index (χ3v) is 5.17. The number of ether oxygens (including phenoxy) is 1. The molecule has 2 aromatic carbocycles. The number of nitro benzene ring substituents is 1. The molecule has 7 nitrogen and oxygen atoms in total. The van der Waals surface area contributed by atoms with Gasteiger partial charge in [-0.2, -0.15) is 0 Å². The number of nitrogens with zero attached hydrogens (tertiary/aromatic N) is 1. The summed E-state index contributed by atoms with van der Waals surface area (Å²) < 4.78 is 5.29. The third-order valence-electron chi connectivity index (χ3n) is 4.94. The molecule has 3 rings (SSSR count). The van der Waals surface area contributed by atoms with E-state index in [1.165, 1.54) is 18.2 Å². The van der Waals surface area contributed by atoms with Crippen molar-refractivity contribution in [1.29, 1.82) is 0 Å². The first-order valence-corrected chi connectivity index (χ1v) is 9.27. The first-order chi connectivity index (χ1) is 13.4. The lowest BCUT2D eigenvalue weighted by Crippen LogP contribution is -2.36.